The van der Waals surface area contributed by atoms with Crippen molar-refractivity contribution in [1.29, 1.82) is 5.26 Å². The molecule has 0 amide bonds. The Morgan fingerprint density at radius 3 is 2.74 bits per heavy atom. The number of nitrogens with zero attached hydrogens (tertiary/aromatic N) is 1. The van der Waals surface area contributed by atoms with Gasteiger partial charge in [-0.25, -0.2) is 0 Å². The number of ether oxygens (including phenoxy) is 1. The predicted octanol–water partition coefficient (Wildman–Crippen LogP) is 4.03. The molecule has 0 aromatic heterocycles. The minimum Gasteiger partial charge on any atom is -0.461 e. The molecule has 0 bridgehead atoms. The second-order valence-corrected chi connectivity index (χ2v) is 7.79. The summed E-state index contributed by atoms with van der Waals surface area (Å²) in [6.07, 6.45) is 5.32. The van der Waals surface area contributed by atoms with Gasteiger partial charge in [0.05, 0.1) is 6.07 Å². The second-order valence-electron chi connectivity index (χ2n) is 7.79. The lowest BCUT2D eigenvalue weighted by Crippen LogP contribution is -2.43. The lowest BCUT2D eigenvalue weighted by atomic mass is 9.75. The van der Waals surface area contributed by atoms with Gasteiger partial charge in [0.2, 0.25) is 0 Å². The average Bonchev–Trinajstić information content (AvgIpc) is 2.87. The zero-order chi connectivity index (χ0) is 17.0. The van der Waals surface area contributed by atoms with Crippen LogP contribution in [0.4, 0.5) is 0 Å². The molecule has 23 heavy (non-hydrogen) atoms. The van der Waals surface area contributed by atoms with E-state index in [4.69, 9.17) is 10.00 Å². The van der Waals surface area contributed by atoms with E-state index >= 15 is 0 Å². The van der Waals surface area contributed by atoms with Gasteiger partial charge in [0.1, 0.15) is 17.3 Å². The van der Waals surface area contributed by atoms with Crippen molar-refractivity contribution in [3.63, 3.8) is 0 Å². The number of ketones is 1. The van der Waals surface area contributed by atoms with Gasteiger partial charge < -0.3 is 4.74 Å². The van der Waals surface area contributed by atoms with Crippen LogP contribution in [-0.4, -0.2) is 17.9 Å². The number of Topliss-reactive ketones (excluding diaryl/α,β-unsaturated/α-hetero) is 1. The van der Waals surface area contributed by atoms with Crippen molar-refractivity contribution in [1.82, 2.24) is 0 Å². The van der Waals surface area contributed by atoms with Crippen molar-refractivity contribution in [3.8, 4) is 6.07 Å². The topological polar surface area (TPSA) is 67.2 Å². The number of hydrogen-bond acceptors (Lipinski definition) is 4. The minimum atomic E-state index is -1.04. The summed E-state index contributed by atoms with van der Waals surface area (Å²) in [5, 5.41) is 8.87. The van der Waals surface area contributed by atoms with E-state index in [1.165, 1.54) is 6.42 Å². The number of hydrogen-bond donors (Lipinski definition) is 0. The van der Waals surface area contributed by atoms with E-state index in [1.54, 1.807) is 0 Å². The molecule has 0 N–H and O–H groups in total. The summed E-state index contributed by atoms with van der Waals surface area (Å²) in [6, 6.07) is 2.07. The largest absolute Gasteiger partial charge is 0.461 e. The highest BCUT2D eigenvalue weighted by atomic mass is 16.5. The molecule has 4 heteroatoms. The van der Waals surface area contributed by atoms with Crippen LogP contribution in [0.5, 0.6) is 0 Å². The van der Waals surface area contributed by atoms with Gasteiger partial charge in [-0.2, -0.15) is 5.26 Å². The van der Waals surface area contributed by atoms with Gasteiger partial charge in [-0.05, 0) is 49.9 Å². The monoisotopic (exact) mass is 319 g/mol. The normalized spacial score (nSPS) is 34.4. The molecule has 2 aliphatic rings. The molecule has 0 spiro atoms. The third kappa shape index (κ3) is 3.76. The van der Waals surface area contributed by atoms with Crippen molar-refractivity contribution >= 4 is 11.8 Å². The summed E-state index contributed by atoms with van der Waals surface area (Å²) in [6.45, 7) is 6.55. The first-order valence-corrected chi connectivity index (χ1v) is 9.02. The third-order valence-corrected chi connectivity index (χ3v) is 5.82. The van der Waals surface area contributed by atoms with Gasteiger partial charge >= 0.3 is 5.97 Å². The molecule has 0 aromatic carbocycles. The Balaban J connectivity index is 2.13. The van der Waals surface area contributed by atoms with Crippen LogP contribution in [0.25, 0.3) is 0 Å². The number of rotatable bonds is 5. The highest BCUT2D eigenvalue weighted by Crippen LogP contribution is 2.42. The standard InChI is InChI=1S/C19H29NO3/c1-13(2)15-8-7-14(3)12-16(15)23-18(22)19(10-5-11-20)9-4-6-17(19)21/h13-16H,4-10,12H2,1-3H3/t14-,15+,16+,19+/m0/s1. The van der Waals surface area contributed by atoms with Crippen molar-refractivity contribution in [2.75, 3.05) is 0 Å². The van der Waals surface area contributed by atoms with Crippen LogP contribution >= 0.6 is 0 Å². The zero-order valence-electron chi connectivity index (χ0n) is 14.6. The first-order valence-electron chi connectivity index (χ1n) is 9.02. The fraction of sp³-hybridized carbons (Fsp3) is 0.842. The van der Waals surface area contributed by atoms with Gasteiger partial charge in [-0.1, -0.05) is 27.2 Å². The molecule has 0 radical (unpaired) electrons. The van der Waals surface area contributed by atoms with Gasteiger partial charge in [0, 0.05) is 12.8 Å². The van der Waals surface area contributed by atoms with Crippen LogP contribution < -0.4 is 0 Å². The van der Waals surface area contributed by atoms with Gasteiger partial charge in [0.15, 0.2) is 0 Å². The van der Waals surface area contributed by atoms with E-state index in [9.17, 15) is 9.59 Å². The highest BCUT2D eigenvalue weighted by Gasteiger charge is 2.50. The van der Waals surface area contributed by atoms with E-state index in [0.717, 1.165) is 19.3 Å². The third-order valence-electron chi connectivity index (χ3n) is 5.82. The average molecular weight is 319 g/mol. The number of carbonyl (C=O) groups excluding carboxylic acids is 2. The Morgan fingerprint density at radius 1 is 1.43 bits per heavy atom. The molecule has 2 aliphatic carbocycles. The summed E-state index contributed by atoms with van der Waals surface area (Å²) in [5.41, 5.74) is -1.04. The molecule has 4 atom stereocenters. The van der Waals surface area contributed by atoms with Crippen molar-refractivity contribution in [3.05, 3.63) is 0 Å². The highest BCUT2D eigenvalue weighted by molar-refractivity contribution is 6.05. The van der Waals surface area contributed by atoms with Crippen molar-refractivity contribution < 1.29 is 14.3 Å². The lowest BCUT2D eigenvalue weighted by Gasteiger charge is -2.38. The molecule has 2 saturated carbocycles. The molecule has 0 heterocycles. The fourth-order valence-electron chi connectivity index (χ4n) is 4.28. The molecule has 2 rings (SSSR count). The maximum absolute atomic E-state index is 12.9. The Bertz CT molecular complexity index is 493. The maximum Gasteiger partial charge on any atom is 0.319 e. The van der Waals surface area contributed by atoms with Gasteiger partial charge in [0.25, 0.3) is 0 Å². The van der Waals surface area contributed by atoms with E-state index in [1.807, 2.05) is 0 Å². The van der Waals surface area contributed by atoms with Crippen LogP contribution in [0.15, 0.2) is 0 Å². The Labute approximate surface area is 139 Å². The molecule has 0 aliphatic heterocycles. The summed E-state index contributed by atoms with van der Waals surface area (Å²) in [5.74, 6) is 1.01. The molecule has 0 aromatic rings. The van der Waals surface area contributed by atoms with Crippen LogP contribution in [0, 0.1) is 34.5 Å². The zero-order valence-corrected chi connectivity index (χ0v) is 14.6. The van der Waals surface area contributed by atoms with Crippen molar-refractivity contribution in [2.24, 2.45) is 23.2 Å². The molecule has 0 saturated heterocycles. The Kier molecular flexibility index (Phi) is 5.84. The van der Waals surface area contributed by atoms with E-state index < -0.39 is 5.41 Å². The summed E-state index contributed by atoms with van der Waals surface area (Å²) < 4.78 is 5.92. The molecule has 0 unspecified atom stereocenters. The maximum atomic E-state index is 12.9. The van der Waals surface area contributed by atoms with Gasteiger partial charge in [-0.15, -0.1) is 0 Å². The van der Waals surface area contributed by atoms with E-state index in [0.29, 0.717) is 37.0 Å². The van der Waals surface area contributed by atoms with E-state index in [2.05, 4.69) is 26.8 Å². The van der Waals surface area contributed by atoms with Crippen molar-refractivity contribution in [2.45, 2.75) is 78.2 Å². The first-order chi connectivity index (χ1) is 10.9. The number of nitriles is 1. The quantitative estimate of drug-likeness (QED) is 0.566. The van der Waals surface area contributed by atoms with Gasteiger partial charge in [-0.3, -0.25) is 9.59 Å². The Morgan fingerprint density at radius 2 is 2.17 bits per heavy atom. The van der Waals surface area contributed by atoms with Crippen LogP contribution in [0.3, 0.4) is 0 Å². The second kappa shape index (κ2) is 7.47. The lowest BCUT2D eigenvalue weighted by molar-refractivity contribution is -0.170. The van der Waals surface area contributed by atoms with Crippen LogP contribution in [-0.2, 0) is 14.3 Å². The van der Waals surface area contributed by atoms with Crippen LogP contribution in [0.1, 0.15) is 72.1 Å². The summed E-state index contributed by atoms with van der Waals surface area (Å²) >= 11 is 0. The first kappa shape index (κ1) is 18.0. The molecule has 4 nitrogen and oxygen atoms in total. The molecular weight excluding hydrogens is 290 g/mol. The SMILES string of the molecule is CC(C)[C@H]1CC[C@H](C)C[C@H]1OC(=O)[C@@]1(CCC#N)CCCC1=O. The minimum absolute atomic E-state index is 0.0253. The fourth-order valence-corrected chi connectivity index (χ4v) is 4.28. The predicted molar refractivity (Wildman–Crippen MR) is 87.4 cm³/mol. The van der Waals surface area contributed by atoms with E-state index in [-0.39, 0.29) is 24.3 Å². The summed E-state index contributed by atoms with van der Waals surface area (Å²) in [4.78, 5) is 25.2. The Hall–Kier alpha value is -1.37. The molecular formula is C19H29NO3. The molecule has 2 fully saturated rings. The number of esters is 1. The smallest absolute Gasteiger partial charge is 0.319 e. The van der Waals surface area contributed by atoms with Crippen LogP contribution in [0.2, 0.25) is 0 Å². The molecule has 128 valence electrons. The summed E-state index contributed by atoms with van der Waals surface area (Å²) in [7, 11) is 0. The number of carbonyl (C=O) groups is 2.